The van der Waals surface area contributed by atoms with Crippen molar-refractivity contribution in [2.45, 2.75) is 51.1 Å². The second-order valence-corrected chi connectivity index (χ2v) is 9.27. The summed E-state index contributed by atoms with van der Waals surface area (Å²) in [6.07, 6.45) is 2.51. The predicted octanol–water partition coefficient (Wildman–Crippen LogP) is 2.36. The van der Waals surface area contributed by atoms with Crippen LogP contribution in [0.1, 0.15) is 28.8 Å². The van der Waals surface area contributed by atoms with Gasteiger partial charge in [-0.25, -0.2) is 18.4 Å². The first kappa shape index (κ1) is 17.4. The van der Waals surface area contributed by atoms with Crippen molar-refractivity contribution in [2.75, 3.05) is 18.0 Å². The molecule has 7 heteroatoms. The highest BCUT2D eigenvalue weighted by molar-refractivity contribution is 7.89. The van der Waals surface area contributed by atoms with Crippen molar-refractivity contribution in [3.05, 3.63) is 46.9 Å². The Morgan fingerprint density at radius 1 is 1.04 bits per heavy atom. The van der Waals surface area contributed by atoms with Gasteiger partial charge in [0, 0.05) is 36.4 Å². The van der Waals surface area contributed by atoms with Gasteiger partial charge in [0.25, 0.3) is 0 Å². The molecule has 0 radical (unpaired) electrons. The lowest BCUT2D eigenvalue weighted by molar-refractivity contribution is 0.0873. The Balaban J connectivity index is 1.61. The number of aryl methyl sites for hydroxylation is 3. The van der Waals surface area contributed by atoms with Crippen molar-refractivity contribution in [1.82, 2.24) is 14.3 Å². The summed E-state index contributed by atoms with van der Waals surface area (Å²) in [6, 6.07) is 5.64. The zero-order chi connectivity index (χ0) is 18.6. The molecule has 3 aliphatic rings. The van der Waals surface area contributed by atoms with Crippen LogP contribution in [-0.4, -0.2) is 47.9 Å². The number of benzene rings is 1. The first-order valence-electron chi connectivity index (χ1n) is 8.93. The van der Waals surface area contributed by atoms with Crippen molar-refractivity contribution in [3.63, 3.8) is 0 Å². The van der Waals surface area contributed by atoms with Gasteiger partial charge in [0.2, 0.25) is 10.0 Å². The summed E-state index contributed by atoms with van der Waals surface area (Å²) >= 11 is 0. The highest BCUT2D eigenvalue weighted by atomic mass is 32.2. The number of hydrogen-bond acceptors (Lipinski definition) is 5. The first-order chi connectivity index (χ1) is 12.3. The quantitative estimate of drug-likeness (QED) is 0.827. The van der Waals surface area contributed by atoms with E-state index in [4.69, 9.17) is 0 Å². The average molecular weight is 372 g/mol. The minimum atomic E-state index is -3.46. The molecule has 2 atom stereocenters. The van der Waals surface area contributed by atoms with E-state index in [-0.39, 0.29) is 12.1 Å². The van der Waals surface area contributed by atoms with Gasteiger partial charge in [0.1, 0.15) is 12.1 Å². The Bertz CT molecular complexity index is 961. The fraction of sp³-hybridized carbons (Fsp3) is 0.474. The van der Waals surface area contributed by atoms with E-state index in [1.807, 2.05) is 39.8 Å². The zero-order valence-corrected chi connectivity index (χ0v) is 16.4. The molecule has 1 aromatic heterocycles. The molecule has 1 aromatic carbocycles. The lowest BCUT2D eigenvalue weighted by atomic mass is 9.91. The van der Waals surface area contributed by atoms with Crippen molar-refractivity contribution < 1.29 is 8.42 Å². The number of sulfonamides is 1. The Kier molecular flexibility index (Phi) is 4.04. The molecule has 5 rings (SSSR count). The van der Waals surface area contributed by atoms with Gasteiger partial charge in [-0.05, 0) is 51.3 Å². The molecule has 26 heavy (non-hydrogen) atoms. The minimum absolute atomic E-state index is 0.00772. The number of rotatable bonds is 3. The van der Waals surface area contributed by atoms with Gasteiger partial charge in [-0.1, -0.05) is 12.1 Å². The fourth-order valence-corrected chi connectivity index (χ4v) is 6.21. The van der Waals surface area contributed by atoms with Crippen molar-refractivity contribution >= 4 is 15.8 Å². The monoisotopic (exact) mass is 372 g/mol. The molecule has 0 spiro atoms. The van der Waals surface area contributed by atoms with Crippen LogP contribution in [0.4, 0.5) is 5.82 Å². The van der Waals surface area contributed by atoms with Crippen LogP contribution in [0.15, 0.2) is 29.4 Å². The normalized spacial score (nSPS) is 23.0. The Morgan fingerprint density at radius 3 is 2.42 bits per heavy atom. The van der Waals surface area contributed by atoms with E-state index in [0.29, 0.717) is 18.0 Å². The van der Waals surface area contributed by atoms with E-state index >= 15 is 0 Å². The maximum atomic E-state index is 13.2. The van der Waals surface area contributed by atoms with E-state index < -0.39 is 10.0 Å². The average Bonchev–Trinajstić information content (AvgIpc) is 2.59. The van der Waals surface area contributed by atoms with Crippen molar-refractivity contribution in [2.24, 2.45) is 0 Å². The van der Waals surface area contributed by atoms with Crippen molar-refractivity contribution in [1.29, 1.82) is 0 Å². The molecule has 138 valence electrons. The largest absolute Gasteiger partial charge is 0.353 e. The SMILES string of the molecule is Cc1ccc(C)c(S(=O)(=O)N2C3CC2CN(c2ncnc(C)c2C)C3)c1. The molecular formula is C19H24N4O2S. The second-order valence-electron chi connectivity index (χ2n) is 7.46. The third kappa shape index (κ3) is 2.61. The van der Waals surface area contributed by atoms with Crippen LogP contribution in [0.5, 0.6) is 0 Å². The number of piperidine rings is 1. The van der Waals surface area contributed by atoms with Gasteiger partial charge >= 0.3 is 0 Å². The summed E-state index contributed by atoms with van der Waals surface area (Å²) in [5, 5.41) is 0. The Hall–Kier alpha value is -1.99. The van der Waals surface area contributed by atoms with Crippen LogP contribution in [0.2, 0.25) is 0 Å². The highest BCUT2D eigenvalue weighted by Crippen LogP contribution is 2.40. The maximum Gasteiger partial charge on any atom is 0.243 e. The third-order valence-corrected chi connectivity index (χ3v) is 7.78. The Morgan fingerprint density at radius 2 is 1.73 bits per heavy atom. The molecule has 2 bridgehead atoms. The van der Waals surface area contributed by atoms with Gasteiger partial charge in [0.15, 0.2) is 0 Å². The molecule has 3 saturated heterocycles. The molecule has 0 saturated carbocycles. The summed E-state index contributed by atoms with van der Waals surface area (Å²) in [5.41, 5.74) is 3.81. The van der Waals surface area contributed by atoms with Gasteiger partial charge in [0.05, 0.1) is 4.90 Å². The van der Waals surface area contributed by atoms with Crippen LogP contribution < -0.4 is 4.90 Å². The Labute approximate surface area is 154 Å². The van der Waals surface area contributed by atoms with E-state index in [0.717, 1.165) is 34.6 Å². The highest BCUT2D eigenvalue weighted by Gasteiger charge is 2.51. The number of hydrogen-bond donors (Lipinski definition) is 0. The van der Waals surface area contributed by atoms with E-state index in [1.165, 1.54) is 0 Å². The number of anilines is 1. The lowest BCUT2D eigenvalue weighted by Crippen LogP contribution is -2.70. The first-order valence-corrected chi connectivity index (χ1v) is 10.4. The summed E-state index contributed by atoms with van der Waals surface area (Å²) in [6.45, 7) is 9.15. The van der Waals surface area contributed by atoms with Gasteiger partial charge < -0.3 is 4.90 Å². The molecule has 3 fully saturated rings. The fourth-order valence-electron chi connectivity index (χ4n) is 4.08. The maximum absolute atomic E-state index is 13.2. The molecule has 0 amide bonds. The van der Waals surface area contributed by atoms with Crippen LogP contribution in [0.3, 0.4) is 0 Å². The number of piperazine rings is 1. The van der Waals surface area contributed by atoms with Crippen LogP contribution in [-0.2, 0) is 10.0 Å². The summed E-state index contributed by atoms with van der Waals surface area (Å²) in [4.78, 5) is 11.3. The van der Waals surface area contributed by atoms with Crippen LogP contribution in [0.25, 0.3) is 0 Å². The number of fused-ring (bicyclic) bond motifs is 2. The number of aromatic nitrogens is 2. The molecule has 2 unspecified atom stereocenters. The van der Waals surface area contributed by atoms with Gasteiger partial charge in [-0.3, -0.25) is 0 Å². The predicted molar refractivity (Wildman–Crippen MR) is 101 cm³/mol. The second kappa shape index (κ2) is 6.03. The molecule has 2 aromatic rings. The molecule has 0 N–H and O–H groups in total. The van der Waals surface area contributed by atoms with E-state index in [1.54, 1.807) is 16.7 Å². The minimum Gasteiger partial charge on any atom is -0.353 e. The topological polar surface area (TPSA) is 66.4 Å². The molecule has 4 heterocycles. The smallest absolute Gasteiger partial charge is 0.243 e. The summed E-state index contributed by atoms with van der Waals surface area (Å²) in [7, 11) is -3.46. The van der Waals surface area contributed by atoms with Gasteiger partial charge in [-0.15, -0.1) is 0 Å². The van der Waals surface area contributed by atoms with Gasteiger partial charge in [-0.2, -0.15) is 4.31 Å². The number of nitrogens with zero attached hydrogens (tertiary/aromatic N) is 4. The van der Waals surface area contributed by atoms with E-state index in [2.05, 4.69) is 14.9 Å². The van der Waals surface area contributed by atoms with Crippen LogP contribution >= 0.6 is 0 Å². The van der Waals surface area contributed by atoms with Crippen molar-refractivity contribution in [3.8, 4) is 0 Å². The summed E-state index contributed by atoms with van der Waals surface area (Å²) < 4.78 is 28.2. The lowest BCUT2D eigenvalue weighted by Gasteiger charge is -2.55. The third-order valence-electron chi connectivity index (χ3n) is 5.63. The molecular weight excluding hydrogens is 348 g/mol. The molecule has 6 nitrogen and oxygen atoms in total. The molecule has 3 aliphatic heterocycles. The molecule has 0 aliphatic carbocycles. The standard InChI is InChI=1S/C19H24N4O2S/c1-12-5-6-13(2)18(7-12)26(24,25)23-16-8-17(23)10-22(9-16)19-14(3)15(4)20-11-21-19/h5-7,11,16-17H,8-10H2,1-4H3. The van der Waals surface area contributed by atoms with E-state index in [9.17, 15) is 8.42 Å². The zero-order valence-electron chi connectivity index (χ0n) is 15.6. The summed E-state index contributed by atoms with van der Waals surface area (Å²) in [5.74, 6) is 0.927. The van der Waals surface area contributed by atoms with Crippen LogP contribution in [0, 0.1) is 27.7 Å².